The molecule has 2 aromatic carbocycles. The maximum absolute atomic E-state index is 13.4. The zero-order valence-corrected chi connectivity index (χ0v) is 12.0. The summed E-state index contributed by atoms with van der Waals surface area (Å²) in [6.45, 7) is 0.928. The molecule has 2 unspecified atom stereocenters. The standard InChI is InChI=1S/C18H18FNO/c1-21-17-4-2-3-15-16(10-20-18(15)17)14-7-5-11-9-12(19)6-8-13(11)14/h2-4,6,8-9,14,16,20H,5,7,10H2,1H3. The van der Waals surface area contributed by atoms with E-state index in [1.54, 1.807) is 19.2 Å². The number of ether oxygens (including phenoxy) is 1. The molecule has 4 rings (SSSR count). The van der Waals surface area contributed by atoms with Crippen LogP contribution < -0.4 is 10.1 Å². The Kier molecular flexibility index (Phi) is 2.88. The summed E-state index contributed by atoms with van der Waals surface area (Å²) in [6.07, 6.45) is 2.08. The number of aryl methyl sites for hydroxylation is 1. The Hall–Kier alpha value is -2.03. The van der Waals surface area contributed by atoms with Crippen molar-refractivity contribution in [1.82, 2.24) is 0 Å². The van der Waals surface area contributed by atoms with Crippen LogP contribution in [0.1, 0.15) is 34.9 Å². The van der Waals surface area contributed by atoms with Gasteiger partial charge in [-0.2, -0.15) is 0 Å². The molecule has 3 heteroatoms. The van der Waals surface area contributed by atoms with Crippen molar-refractivity contribution in [3.05, 3.63) is 58.9 Å². The highest BCUT2D eigenvalue weighted by Crippen LogP contribution is 2.49. The highest BCUT2D eigenvalue weighted by molar-refractivity contribution is 5.67. The molecule has 1 heterocycles. The average molecular weight is 283 g/mol. The van der Waals surface area contributed by atoms with E-state index in [1.807, 2.05) is 12.1 Å². The lowest BCUT2D eigenvalue weighted by Crippen LogP contribution is -2.11. The van der Waals surface area contributed by atoms with Gasteiger partial charge in [-0.05, 0) is 53.6 Å². The van der Waals surface area contributed by atoms with Gasteiger partial charge in [0.05, 0.1) is 12.8 Å². The fourth-order valence-electron chi connectivity index (χ4n) is 3.93. The monoisotopic (exact) mass is 283 g/mol. The number of fused-ring (bicyclic) bond motifs is 2. The molecule has 2 atom stereocenters. The lowest BCUT2D eigenvalue weighted by atomic mass is 9.83. The van der Waals surface area contributed by atoms with E-state index in [4.69, 9.17) is 4.74 Å². The highest BCUT2D eigenvalue weighted by atomic mass is 19.1. The smallest absolute Gasteiger partial charge is 0.142 e. The van der Waals surface area contributed by atoms with Crippen molar-refractivity contribution in [1.29, 1.82) is 0 Å². The van der Waals surface area contributed by atoms with E-state index in [9.17, 15) is 4.39 Å². The van der Waals surface area contributed by atoms with Gasteiger partial charge >= 0.3 is 0 Å². The van der Waals surface area contributed by atoms with Crippen molar-refractivity contribution in [2.45, 2.75) is 24.7 Å². The second kappa shape index (κ2) is 4.76. The molecule has 2 nitrogen and oxygen atoms in total. The fourth-order valence-corrected chi connectivity index (χ4v) is 3.93. The van der Waals surface area contributed by atoms with Gasteiger partial charge in [0, 0.05) is 12.5 Å². The molecular weight excluding hydrogens is 265 g/mol. The van der Waals surface area contributed by atoms with Crippen LogP contribution >= 0.6 is 0 Å². The van der Waals surface area contributed by atoms with E-state index in [0.717, 1.165) is 30.8 Å². The SMILES string of the molecule is COc1cccc2c1NCC2C1CCc2cc(F)ccc21. The third-order valence-corrected chi connectivity index (χ3v) is 4.89. The highest BCUT2D eigenvalue weighted by Gasteiger charge is 2.35. The van der Waals surface area contributed by atoms with Crippen molar-refractivity contribution < 1.29 is 9.13 Å². The number of rotatable bonds is 2. The number of nitrogens with one attached hydrogen (secondary N) is 1. The minimum atomic E-state index is -0.124. The Labute approximate surface area is 123 Å². The van der Waals surface area contributed by atoms with Crippen LogP contribution in [0.2, 0.25) is 0 Å². The Balaban J connectivity index is 1.73. The summed E-state index contributed by atoms with van der Waals surface area (Å²) in [4.78, 5) is 0. The van der Waals surface area contributed by atoms with Gasteiger partial charge in [0.2, 0.25) is 0 Å². The van der Waals surface area contributed by atoms with Crippen molar-refractivity contribution in [2.75, 3.05) is 19.0 Å². The molecule has 0 aromatic heterocycles. The summed E-state index contributed by atoms with van der Waals surface area (Å²) in [6, 6.07) is 11.5. The first-order valence-corrected chi connectivity index (χ1v) is 7.47. The van der Waals surface area contributed by atoms with Gasteiger partial charge in [-0.15, -0.1) is 0 Å². The van der Waals surface area contributed by atoms with E-state index in [2.05, 4.69) is 17.4 Å². The van der Waals surface area contributed by atoms with Gasteiger partial charge < -0.3 is 10.1 Å². The van der Waals surface area contributed by atoms with Gasteiger partial charge in [-0.1, -0.05) is 18.2 Å². The third kappa shape index (κ3) is 1.91. The topological polar surface area (TPSA) is 21.3 Å². The van der Waals surface area contributed by atoms with Crippen molar-refractivity contribution in [3.8, 4) is 5.75 Å². The summed E-state index contributed by atoms with van der Waals surface area (Å²) >= 11 is 0. The van der Waals surface area contributed by atoms with E-state index in [0.29, 0.717) is 11.8 Å². The summed E-state index contributed by atoms with van der Waals surface area (Å²) in [5.41, 5.74) is 4.95. The number of hydrogen-bond donors (Lipinski definition) is 1. The van der Waals surface area contributed by atoms with Crippen LogP contribution in [0.4, 0.5) is 10.1 Å². The average Bonchev–Trinajstić information content (AvgIpc) is 3.09. The number of para-hydroxylation sites is 1. The number of benzene rings is 2. The molecule has 21 heavy (non-hydrogen) atoms. The largest absolute Gasteiger partial charge is 0.495 e. The number of halogens is 1. The maximum Gasteiger partial charge on any atom is 0.142 e. The molecule has 0 bridgehead atoms. The maximum atomic E-state index is 13.4. The molecule has 2 aliphatic rings. The van der Waals surface area contributed by atoms with Crippen molar-refractivity contribution in [2.24, 2.45) is 0 Å². The van der Waals surface area contributed by atoms with Gasteiger partial charge in [0.15, 0.2) is 0 Å². The lowest BCUT2D eigenvalue weighted by molar-refractivity contribution is 0.416. The van der Waals surface area contributed by atoms with Crippen LogP contribution in [0.3, 0.4) is 0 Å². The first-order chi connectivity index (χ1) is 10.3. The Morgan fingerprint density at radius 2 is 2.05 bits per heavy atom. The molecule has 1 aliphatic carbocycles. The zero-order chi connectivity index (χ0) is 14.4. The molecule has 0 amide bonds. The minimum Gasteiger partial charge on any atom is -0.495 e. The first-order valence-electron chi connectivity index (χ1n) is 7.47. The third-order valence-electron chi connectivity index (χ3n) is 4.89. The molecule has 0 fully saturated rings. The lowest BCUT2D eigenvalue weighted by Gasteiger charge is -2.20. The van der Waals surface area contributed by atoms with Crippen LogP contribution in [0.5, 0.6) is 5.75 Å². The molecular formula is C18H18FNO. The number of anilines is 1. The van der Waals surface area contributed by atoms with Crippen LogP contribution in [0.15, 0.2) is 36.4 Å². The number of methoxy groups -OCH3 is 1. The summed E-state index contributed by atoms with van der Waals surface area (Å²) < 4.78 is 18.8. The Morgan fingerprint density at radius 1 is 1.14 bits per heavy atom. The summed E-state index contributed by atoms with van der Waals surface area (Å²) in [7, 11) is 1.71. The molecule has 0 spiro atoms. The molecule has 1 N–H and O–H groups in total. The van der Waals surface area contributed by atoms with E-state index >= 15 is 0 Å². The van der Waals surface area contributed by atoms with E-state index in [-0.39, 0.29) is 5.82 Å². The van der Waals surface area contributed by atoms with E-state index < -0.39 is 0 Å². The van der Waals surface area contributed by atoms with Gasteiger partial charge in [0.25, 0.3) is 0 Å². The minimum absolute atomic E-state index is 0.124. The van der Waals surface area contributed by atoms with Crippen molar-refractivity contribution >= 4 is 5.69 Å². The van der Waals surface area contributed by atoms with Gasteiger partial charge in [-0.3, -0.25) is 0 Å². The molecule has 0 saturated heterocycles. The second-order valence-electron chi connectivity index (χ2n) is 5.90. The van der Waals surface area contributed by atoms with Crippen LogP contribution in [0, 0.1) is 5.82 Å². The molecule has 0 saturated carbocycles. The zero-order valence-electron chi connectivity index (χ0n) is 12.0. The van der Waals surface area contributed by atoms with Crippen LogP contribution in [-0.4, -0.2) is 13.7 Å². The van der Waals surface area contributed by atoms with Crippen molar-refractivity contribution in [3.63, 3.8) is 0 Å². The predicted molar refractivity (Wildman–Crippen MR) is 81.7 cm³/mol. The Bertz CT molecular complexity index is 698. The molecule has 108 valence electrons. The fraction of sp³-hybridized carbons (Fsp3) is 0.333. The quantitative estimate of drug-likeness (QED) is 0.897. The predicted octanol–water partition coefficient (Wildman–Crippen LogP) is 4.07. The number of hydrogen-bond acceptors (Lipinski definition) is 2. The van der Waals surface area contributed by atoms with E-state index in [1.165, 1.54) is 16.7 Å². The molecule has 1 aliphatic heterocycles. The molecule has 0 radical (unpaired) electrons. The first kappa shape index (κ1) is 12.7. The second-order valence-corrected chi connectivity index (χ2v) is 5.90. The Morgan fingerprint density at radius 3 is 2.90 bits per heavy atom. The van der Waals surface area contributed by atoms with Crippen LogP contribution in [-0.2, 0) is 6.42 Å². The summed E-state index contributed by atoms with van der Waals surface area (Å²) in [5, 5.41) is 3.49. The van der Waals surface area contributed by atoms with Gasteiger partial charge in [-0.25, -0.2) is 4.39 Å². The molecule has 2 aromatic rings. The van der Waals surface area contributed by atoms with Gasteiger partial charge in [0.1, 0.15) is 11.6 Å². The summed E-state index contributed by atoms with van der Waals surface area (Å²) in [5.74, 6) is 1.71. The van der Waals surface area contributed by atoms with Crippen LogP contribution in [0.25, 0.3) is 0 Å². The normalized spacial score (nSPS) is 22.6.